The maximum Gasteiger partial charge on any atom is 0.278 e. The van der Waals surface area contributed by atoms with Crippen LogP contribution in [0.3, 0.4) is 0 Å². The summed E-state index contributed by atoms with van der Waals surface area (Å²) in [6, 6.07) is 8.01. The second-order valence-corrected chi connectivity index (χ2v) is 7.70. The highest BCUT2D eigenvalue weighted by Gasteiger charge is 2.27. The van der Waals surface area contributed by atoms with E-state index in [4.69, 9.17) is 0 Å². The van der Waals surface area contributed by atoms with E-state index in [-0.39, 0.29) is 17.9 Å². The first-order chi connectivity index (χ1) is 12.0. The maximum atomic E-state index is 12.7. The minimum absolute atomic E-state index is 0.0391. The summed E-state index contributed by atoms with van der Waals surface area (Å²) in [6.07, 6.45) is 0. The van der Waals surface area contributed by atoms with Crippen molar-refractivity contribution in [2.75, 3.05) is 39.8 Å². The van der Waals surface area contributed by atoms with Crippen molar-refractivity contribution < 1.29 is 14.5 Å². The summed E-state index contributed by atoms with van der Waals surface area (Å²) in [5.74, 6) is 0.241. The van der Waals surface area contributed by atoms with Crippen LogP contribution in [-0.4, -0.2) is 66.4 Å². The van der Waals surface area contributed by atoms with Crippen LogP contribution < -0.4 is 4.90 Å². The van der Waals surface area contributed by atoms with E-state index >= 15 is 0 Å². The van der Waals surface area contributed by atoms with Gasteiger partial charge in [-0.3, -0.25) is 9.59 Å². The topological polar surface area (TPSA) is 58.0 Å². The molecule has 0 saturated carbocycles. The van der Waals surface area contributed by atoms with Crippen LogP contribution in [0.5, 0.6) is 0 Å². The number of carbonyl (C=O) groups is 2. The van der Waals surface area contributed by atoms with Crippen LogP contribution in [0.25, 0.3) is 10.2 Å². The lowest BCUT2D eigenvalue weighted by Gasteiger charge is -2.32. The van der Waals surface area contributed by atoms with Crippen LogP contribution in [0.1, 0.15) is 24.9 Å². The molecule has 0 aliphatic carbocycles. The van der Waals surface area contributed by atoms with Gasteiger partial charge in [0.15, 0.2) is 6.54 Å². The van der Waals surface area contributed by atoms with Crippen molar-refractivity contribution in [2.24, 2.45) is 0 Å². The summed E-state index contributed by atoms with van der Waals surface area (Å²) in [4.78, 5) is 33.6. The van der Waals surface area contributed by atoms with E-state index in [0.717, 1.165) is 41.4 Å². The molecule has 1 aromatic heterocycles. The van der Waals surface area contributed by atoms with Crippen molar-refractivity contribution >= 4 is 33.4 Å². The molecule has 6 nitrogen and oxygen atoms in total. The van der Waals surface area contributed by atoms with Gasteiger partial charge in [0, 0.05) is 14.0 Å². The average Bonchev–Trinajstić information content (AvgIpc) is 3.05. The Morgan fingerprint density at radius 2 is 2.00 bits per heavy atom. The number of nitrogens with zero attached hydrogens (tertiary/aromatic N) is 3. The zero-order valence-electron chi connectivity index (χ0n) is 15.0. The summed E-state index contributed by atoms with van der Waals surface area (Å²) in [5.41, 5.74) is 0.987. The Balaban J connectivity index is 1.59. The van der Waals surface area contributed by atoms with Gasteiger partial charge >= 0.3 is 0 Å². The van der Waals surface area contributed by atoms with Crippen LogP contribution in [0.2, 0.25) is 0 Å². The summed E-state index contributed by atoms with van der Waals surface area (Å²) < 4.78 is 1.15. The number of para-hydroxylation sites is 1. The lowest BCUT2D eigenvalue weighted by atomic mass is 10.2. The van der Waals surface area contributed by atoms with Crippen LogP contribution in [0.15, 0.2) is 24.3 Å². The van der Waals surface area contributed by atoms with Gasteiger partial charge in [-0.05, 0) is 19.1 Å². The van der Waals surface area contributed by atoms with E-state index in [0.29, 0.717) is 6.54 Å². The molecule has 1 saturated heterocycles. The first-order valence-corrected chi connectivity index (χ1v) is 9.47. The van der Waals surface area contributed by atoms with Crippen molar-refractivity contribution in [1.82, 2.24) is 14.8 Å². The quantitative estimate of drug-likeness (QED) is 0.866. The number of fused-ring (bicyclic) bond motifs is 1. The van der Waals surface area contributed by atoms with Crippen LogP contribution in [-0.2, 0) is 9.59 Å². The number of amides is 2. The predicted octanol–water partition coefficient (Wildman–Crippen LogP) is 0.563. The van der Waals surface area contributed by atoms with Gasteiger partial charge in [0.2, 0.25) is 5.91 Å². The lowest BCUT2D eigenvalue weighted by Crippen LogP contribution is -3.15. The van der Waals surface area contributed by atoms with E-state index in [9.17, 15) is 9.59 Å². The van der Waals surface area contributed by atoms with Gasteiger partial charge in [0.25, 0.3) is 5.91 Å². The van der Waals surface area contributed by atoms with E-state index < -0.39 is 0 Å². The fourth-order valence-electron chi connectivity index (χ4n) is 3.10. The highest BCUT2D eigenvalue weighted by molar-refractivity contribution is 7.18. The molecular formula is C18H25N4O2S+. The van der Waals surface area contributed by atoms with Crippen molar-refractivity contribution in [3.8, 4) is 0 Å². The smallest absolute Gasteiger partial charge is 0.278 e. The van der Waals surface area contributed by atoms with Gasteiger partial charge in [0.1, 0.15) is 5.01 Å². The van der Waals surface area contributed by atoms with E-state index in [1.165, 1.54) is 4.90 Å². The van der Waals surface area contributed by atoms with Gasteiger partial charge in [-0.1, -0.05) is 12.1 Å². The maximum absolute atomic E-state index is 12.7. The first kappa shape index (κ1) is 17.8. The third kappa shape index (κ3) is 3.99. The fraction of sp³-hybridized carbons (Fsp3) is 0.500. The molecule has 134 valence electrons. The Hall–Kier alpha value is -1.99. The van der Waals surface area contributed by atoms with Gasteiger partial charge in [0.05, 0.1) is 42.4 Å². The molecule has 2 heterocycles. The van der Waals surface area contributed by atoms with Gasteiger partial charge in [-0.25, -0.2) is 4.98 Å². The number of quaternary nitrogens is 1. The Morgan fingerprint density at radius 1 is 1.32 bits per heavy atom. The third-order valence-corrected chi connectivity index (χ3v) is 6.17. The molecule has 1 atom stereocenters. The first-order valence-electron chi connectivity index (χ1n) is 8.66. The second kappa shape index (κ2) is 7.49. The molecule has 1 aliphatic heterocycles. The average molecular weight is 361 g/mol. The number of hydrogen-bond acceptors (Lipinski definition) is 4. The fourth-order valence-corrected chi connectivity index (χ4v) is 4.17. The molecule has 2 amide bonds. The number of likely N-dealkylation sites (N-methyl/N-ethyl adjacent to an activating group) is 1. The zero-order valence-corrected chi connectivity index (χ0v) is 15.8. The summed E-state index contributed by atoms with van der Waals surface area (Å²) >= 11 is 1.64. The third-order valence-electron chi connectivity index (χ3n) is 4.96. The van der Waals surface area contributed by atoms with E-state index in [1.807, 2.05) is 37.1 Å². The summed E-state index contributed by atoms with van der Waals surface area (Å²) in [7, 11) is 1.85. The number of piperazine rings is 1. The molecule has 3 rings (SSSR count). The van der Waals surface area contributed by atoms with Crippen molar-refractivity contribution in [3.05, 3.63) is 29.3 Å². The van der Waals surface area contributed by atoms with Gasteiger partial charge < -0.3 is 14.7 Å². The summed E-state index contributed by atoms with van der Waals surface area (Å²) in [6.45, 7) is 7.22. The zero-order chi connectivity index (χ0) is 18.0. The predicted molar refractivity (Wildman–Crippen MR) is 98.6 cm³/mol. The molecular weight excluding hydrogens is 336 g/mol. The molecule has 7 heteroatoms. The molecule has 1 aromatic carbocycles. The SMILES string of the molecule is CC(=O)N1CC[NH+](CC(=O)N(C)[C@H](C)c2nc3ccccc3s2)CC1. The van der Waals surface area contributed by atoms with E-state index in [1.54, 1.807) is 23.2 Å². The molecule has 0 radical (unpaired) electrons. The second-order valence-electron chi connectivity index (χ2n) is 6.63. The van der Waals surface area contributed by atoms with Crippen LogP contribution in [0, 0.1) is 0 Å². The van der Waals surface area contributed by atoms with Crippen molar-refractivity contribution in [2.45, 2.75) is 19.9 Å². The summed E-state index contributed by atoms with van der Waals surface area (Å²) in [5, 5.41) is 0.966. The largest absolute Gasteiger partial charge is 0.332 e. The number of benzene rings is 1. The normalized spacial score (nSPS) is 16.8. The van der Waals surface area contributed by atoms with Crippen LogP contribution in [0.4, 0.5) is 0 Å². The Morgan fingerprint density at radius 3 is 2.64 bits per heavy atom. The molecule has 1 aliphatic rings. The lowest BCUT2D eigenvalue weighted by molar-refractivity contribution is -0.896. The molecule has 1 N–H and O–H groups in total. The van der Waals surface area contributed by atoms with Crippen molar-refractivity contribution in [1.29, 1.82) is 0 Å². The highest BCUT2D eigenvalue weighted by Crippen LogP contribution is 2.28. The van der Waals surface area contributed by atoms with Gasteiger partial charge in [-0.15, -0.1) is 11.3 Å². The Bertz CT molecular complexity index is 734. The molecule has 0 spiro atoms. The molecule has 2 aromatic rings. The minimum Gasteiger partial charge on any atom is -0.332 e. The number of thiazole rings is 1. The highest BCUT2D eigenvalue weighted by atomic mass is 32.1. The number of nitrogens with one attached hydrogen (secondary N) is 1. The molecule has 0 unspecified atom stereocenters. The standard InChI is InChI=1S/C18H24N4O2S/c1-13(18-19-15-6-4-5-7-16(15)25-18)20(3)17(24)12-21-8-10-22(11-9-21)14(2)23/h4-7,13H,8-12H2,1-3H3/p+1/t13-/m1/s1. The number of carbonyl (C=O) groups excluding carboxylic acids is 2. The number of rotatable bonds is 4. The van der Waals surface area contributed by atoms with Crippen molar-refractivity contribution in [3.63, 3.8) is 0 Å². The number of aromatic nitrogens is 1. The van der Waals surface area contributed by atoms with Crippen LogP contribution >= 0.6 is 11.3 Å². The Kier molecular flexibility index (Phi) is 5.34. The van der Waals surface area contributed by atoms with E-state index in [2.05, 4.69) is 11.1 Å². The van der Waals surface area contributed by atoms with Gasteiger partial charge in [-0.2, -0.15) is 0 Å². The Labute approximate surface area is 152 Å². The number of hydrogen-bond donors (Lipinski definition) is 1. The molecule has 25 heavy (non-hydrogen) atoms. The molecule has 0 bridgehead atoms. The monoisotopic (exact) mass is 361 g/mol. The molecule has 1 fully saturated rings. The minimum atomic E-state index is -0.0391.